The molecule has 6 heteroatoms. The molecule has 0 radical (unpaired) electrons. The number of amides is 1. The van der Waals surface area contributed by atoms with Gasteiger partial charge in [-0.2, -0.15) is 0 Å². The van der Waals surface area contributed by atoms with E-state index >= 15 is 0 Å². The minimum atomic E-state index is -0.168. The Morgan fingerprint density at radius 1 is 1.08 bits per heavy atom. The van der Waals surface area contributed by atoms with Gasteiger partial charge in [0, 0.05) is 32.0 Å². The van der Waals surface area contributed by atoms with Crippen LogP contribution in [-0.4, -0.2) is 36.1 Å². The van der Waals surface area contributed by atoms with Crippen LogP contribution in [0.2, 0.25) is 0 Å². The smallest absolute Gasteiger partial charge is 0.254 e. The van der Waals surface area contributed by atoms with Crippen LogP contribution in [0, 0.1) is 0 Å². The number of nitrogens with zero attached hydrogens (tertiary/aromatic N) is 3. The van der Waals surface area contributed by atoms with E-state index in [-0.39, 0.29) is 5.91 Å². The van der Waals surface area contributed by atoms with E-state index in [0.29, 0.717) is 18.1 Å². The van der Waals surface area contributed by atoms with E-state index < -0.39 is 0 Å². The number of aromatic nitrogens is 2. The first kappa shape index (κ1) is 17.2. The third kappa shape index (κ3) is 4.68. The van der Waals surface area contributed by atoms with Gasteiger partial charge in [0.25, 0.3) is 5.91 Å². The van der Waals surface area contributed by atoms with Crippen LogP contribution in [-0.2, 0) is 6.54 Å². The van der Waals surface area contributed by atoms with Crippen molar-refractivity contribution in [1.82, 2.24) is 15.3 Å². The lowest BCUT2D eigenvalue weighted by Crippen LogP contribution is -2.27. The lowest BCUT2D eigenvalue weighted by molar-refractivity contribution is 0.0950. The van der Waals surface area contributed by atoms with Crippen molar-refractivity contribution in [3.8, 4) is 5.75 Å². The second kappa shape index (κ2) is 8.46. The monoisotopic (exact) mass is 340 g/mol. The Kier molecular flexibility index (Phi) is 5.82. The fourth-order valence-electron chi connectivity index (χ4n) is 2.90. The van der Waals surface area contributed by atoms with Crippen LogP contribution in [0.25, 0.3) is 0 Å². The zero-order chi connectivity index (χ0) is 17.5. The van der Waals surface area contributed by atoms with Crippen molar-refractivity contribution in [3.05, 3.63) is 47.8 Å². The summed E-state index contributed by atoms with van der Waals surface area (Å²) in [7, 11) is 1.63. The molecule has 2 heterocycles. The van der Waals surface area contributed by atoms with Crippen LogP contribution in [0.5, 0.6) is 5.75 Å². The molecule has 0 unspecified atom stereocenters. The Balaban J connectivity index is 1.56. The number of hydrogen-bond acceptors (Lipinski definition) is 5. The predicted octanol–water partition coefficient (Wildman–Crippen LogP) is 2.80. The van der Waals surface area contributed by atoms with Crippen molar-refractivity contribution in [2.75, 3.05) is 25.1 Å². The maximum absolute atomic E-state index is 12.3. The molecule has 1 amide bonds. The number of methoxy groups -OCH3 is 1. The number of nitrogens with one attached hydrogen (secondary N) is 1. The van der Waals surface area contributed by atoms with Crippen LogP contribution in [0.3, 0.4) is 0 Å². The predicted molar refractivity (Wildman–Crippen MR) is 96.9 cm³/mol. The van der Waals surface area contributed by atoms with Gasteiger partial charge >= 0.3 is 0 Å². The average molecular weight is 340 g/mol. The maximum atomic E-state index is 12.3. The minimum Gasteiger partial charge on any atom is -0.497 e. The molecular weight excluding hydrogens is 316 g/mol. The molecule has 0 bridgehead atoms. The van der Waals surface area contributed by atoms with E-state index in [0.717, 1.165) is 24.4 Å². The molecule has 6 nitrogen and oxygen atoms in total. The van der Waals surface area contributed by atoms with Gasteiger partial charge in [-0.1, -0.05) is 25.0 Å². The highest BCUT2D eigenvalue weighted by Crippen LogP contribution is 2.15. The zero-order valence-electron chi connectivity index (χ0n) is 14.6. The van der Waals surface area contributed by atoms with Crippen LogP contribution in [0.4, 0.5) is 5.95 Å². The van der Waals surface area contributed by atoms with Gasteiger partial charge in [-0.3, -0.25) is 4.79 Å². The number of ether oxygens (including phenoxy) is 1. The second-order valence-electron chi connectivity index (χ2n) is 6.20. The molecule has 0 spiro atoms. The maximum Gasteiger partial charge on any atom is 0.254 e. The molecule has 25 heavy (non-hydrogen) atoms. The largest absolute Gasteiger partial charge is 0.497 e. The molecular formula is C19H24N4O2. The number of hydrogen-bond donors (Lipinski definition) is 1. The molecule has 0 saturated carbocycles. The van der Waals surface area contributed by atoms with Crippen molar-refractivity contribution >= 4 is 11.9 Å². The Labute approximate surface area is 148 Å². The number of carbonyl (C=O) groups is 1. The third-order valence-corrected chi connectivity index (χ3v) is 4.40. The first-order valence-corrected chi connectivity index (χ1v) is 8.74. The molecule has 1 aliphatic heterocycles. The summed E-state index contributed by atoms with van der Waals surface area (Å²) in [4.78, 5) is 23.2. The van der Waals surface area contributed by atoms with Gasteiger partial charge in [0.05, 0.1) is 12.7 Å². The number of anilines is 1. The summed E-state index contributed by atoms with van der Waals surface area (Å²) in [6.07, 6.45) is 8.10. The highest BCUT2D eigenvalue weighted by molar-refractivity contribution is 5.93. The number of carbonyl (C=O) groups excluding carboxylic acids is 1. The average Bonchev–Trinajstić information content (AvgIpc) is 2.96. The highest BCUT2D eigenvalue weighted by atomic mass is 16.5. The van der Waals surface area contributed by atoms with Gasteiger partial charge in [0.1, 0.15) is 5.75 Å². The summed E-state index contributed by atoms with van der Waals surface area (Å²) >= 11 is 0. The van der Waals surface area contributed by atoms with Crippen molar-refractivity contribution < 1.29 is 9.53 Å². The topological polar surface area (TPSA) is 67.3 Å². The summed E-state index contributed by atoms with van der Waals surface area (Å²) in [6.45, 7) is 2.43. The first-order chi connectivity index (χ1) is 12.3. The molecule has 3 rings (SSSR count). The lowest BCUT2D eigenvalue weighted by Gasteiger charge is -2.19. The molecule has 1 N–H and O–H groups in total. The SMILES string of the molecule is COc1ccc(CNC(=O)c2cnc(N3CCCCCC3)nc2)cc1. The standard InChI is InChI=1S/C19H24N4O2/c1-25-17-8-6-15(7-9-17)12-20-18(24)16-13-21-19(22-14-16)23-10-4-2-3-5-11-23/h6-9,13-14H,2-5,10-12H2,1H3,(H,20,24). The summed E-state index contributed by atoms with van der Waals surface area (Å²) in [5, 5.41) is 2.89. The summed E-state index contributed by atoms with van der Waals surface area (Å²) in [5.41, 5.74) is 1.49. The quantitative estimate of drug-likeness (QED) is 0.906. The zero-order valence-corrected chi connectivity index (χ0v) is 14.6. The lowest BCUT2D eigenvalue weighted by atomic mass is 10.2. The molecule has 1 aliphatic rings. The van der Waals surface area contributed by atoms with Crippen LogP contribution in [0.1, 0.15) is 41.6 Å². The van der Waals surface area contributed by atoms with Crippen LogP contribution in [0.15, 0.2) is 36.7 Å². The fourth-order valence-corrected chi connectivity index (χ4v) is 2.90. The Morgan fingerprint density at radius 3 is 2.32 bits per heavy atom. The van der Waals surface area contributed by atoms with Crippen molar-refractivity contribution in [1.29, 1.82) is 0 Å². The second-order valence-corrected chi connectivity index (χ2v) is 6.20. The van der Waals surface area contributed by atoms with Crippen LogP contribution < -0.4 is 15.0 Å². The molecule has 132 valence electrons. The molecule has 1 saturated heterocycles. The van der Waals surface area contributed by atoms with E-state index in [9.17, 15) is 4.79 Å². The molecule has 1 fully saturated rings. The first-order valence-electron chi connectivity index (χ1n) is 8.74. The van der Waals surface area contributed by atoms with E-state index in [2.05, 4.69) is 20.2 Å². The number of rotatable bonds is 5. The van der Waals surface area contributed by atoms with Gasteiger partial charge in [-0.05, 0) is 30.5 Å². The van der Waals surface area contributed by atoms with Crippen molar-refractivity contribution in [2.45, 2.75) is 32.2 Å². The Hall–Kier alpha value is -2.63. The van der Waals surface area contributed by atoms with Gasteiger partial charge in [0.2, 0.25) is 5.95 Å². The van der Waals surface area contributed by atoms with Crippen molar-refractivity contribution in [2.24, 2.45) is 0 Å². The normalized spacial score (nSPS) is 14.7. The summed E-state index contributed by atoms with van der Waals surface area (Å²) in [6, 6.07) is 7.61. The molecule has 2 aromatic rings. The summed E-state index contributed by atoms with van der Waals surface area (Å²) in [5.74, 6) is 1.35. The fraction of sp³-hybridized carbons (Fsp3) is 0.421. The van der Waals surface area contributed by atoms with Gasteiger partial charge in [-0.25, -0.2) is 9.97 Å². The molecule has 1 aromatic heterocycles. The number of benzene rings is 1. The van der Waals surface area contributed by atoms with Crippen molar-refractivity contribution in [3.63, 3.8) is 0 Å². The third-order valence-electron chi connectivity index (χ3n) is 4.40. The van der Waals surface area contributed by atoms with E-state index in [1.807, 2.05) is 24.3 Å². The van der Waals surface area contributed by atoms with Gasteiger partial charge in [-0.15, -0.1) is 0 Å². The molecule has 0 aliphatic carbocycles. The highest BCUT2D eigenvalue weighted by Gasteiger charge is 2.13. The van der Waals surface area contributed by atoms with Gasteiger partial charge < -0.3 is 15.0 Å². The van der Waals surface area contributed by atoms with E-state index in [1.165, 1.54) is 25.7 Å². The van der Waals surface area contributed by atoms with Crippen LogP contribution >= 0.6 is 0 Å². The Morgan fingerprint density at radius 2 is 1.72 bits per heavy atom. The molecule has 1 aromatic carbocycles. The summed E-state index contributed by atoms with van der Waals surface area (Å²) < 4.78 is 5.13. The van der Waals surface area contributed by atoms with E-state index in [1.54, 1.807) is 19.5 Å². The Bertz CT molecular complexity index is 678. The van der Waals surface area contributed by atoms with E-state index in [4.69, 9.17) is 4.74 Å². The molecule has 0 atom stereocenters. The minimum absolute atomic E-state index is 0.168. The van der Waals surface area contributed by atoms with Gasteiger partial charge in [0.15, 0.2) is 0 Å².